The third kappa shape index (κ3) is 4.44. The van der Waals surface area contributed by atoms with E-state index in [9.17, 15) is 4.79 Å². The Balaban J connectivity index is 1.49. The predicted molar refractivity (Wildman–Crippen MR) is 114 cm³/mol. The standard InChI is InChI=1S/C24H28ClNO3/c25-22-11-5-4-10-21(22)24(12-15-28-16-13-24)23(27)26-14-6-7-19(17-26)18-29-20-8-2-1-3-9-20/h1-5,8-11,19H,6-7,12-18H2. The van der Waals surface area contributed by atoms with Gasteiger partial charge in [-0.15, -0.1) is 0 Å². The quantitative estimate of drug-likeness (QED) is 0.712. The molecular formula is C24H28ClNO3. The van der Waals surface area contributed by atoms with Gasteiger partial charge in [-0.05, 0) is 49.4 Å². The molecule has 4 rings (SSSR count). The maximum absolute atomic E-state index is 13.8. The Hall–Kier alpha value is -2.04. The van der Waals surface area contributed by atoms with Crippen molar-refractivity contribution in [2.24, 2.45) is 5.92 Å². The first-order valence-electron chi connectivity index (χ1n) is 10.5. The first-order valence-corrected chi connectivity index (χ1v) is 10.9. The van der Waals surface area contributed by atoms with Crippen LogP contribution < -0.4 is 4.74 Å². The van der Waals surface area contributed by atoms with Gasteiger partial charge in [-0.1, -0.05) is 48.0 Å². The first-order chi connectivity index (χ1) is 14.2. The van der Waals surface area contributed by atoms with E-state index >= 15 is 0 Å². The van der Waals surface area contributed by atoms with Gasteiger partial charge in [0, 0.05) is 37.2 Å². The number of halogens is 1. The average molecular weight is 414 g/mol. The van der Waals surface area contributed by atoms with E-state index in [1.807, 2.05) is 59.5 Å². The predicted octanol–water partition coefficient (Wildman–Crippen LogP) is 4.71. The molecule has 0 bridgehead atoms. The van der Waals surface area contributed by atoms with Crippen LogP contribution in [0.15, 0.2) is 54.6 Å². The molecule has 2 saturated heterocycles. The molecule has 0 radical (unpaired) electrons. The van der Waals surface area contributed by atoms with Gasteiger partial charge in [0.25, 0.3) is 0 Å². The van der Waals surface area contributed by atoms with Crippen molar-refractivity contribution in [1.82, 2.24) is 4.90 Å². The summed E-state index contributed by atoms with van der Waals surface area (Å²) in [6, 6.07) is 17.7. The van der Waals surface area contributed by atoms with Crippen molar-refractivity contribution in [1.29, 1.82) is 0 Å². The Morgan fingerprint density at radius 2 is 1.83 bits per heavy atom. The monoisotopic (exact) mass is 413 g/mol. The molecule has 2 aliphatic heterocycles. The summed E-state index contributed by atoms with van der Waals surface area (Å²) in [6.45, 7) is 3.35. The van der Waals surface area contributed by atoms with Crippen LogP contribution in [-0.2, 0) is 14.9 Å². The molecule has 1 atom stereocenters. The van der Waals surface area contributed by atoms with Crippen LogP contribution in [0.4, 0.5) is 0 Å². The number of amides is 1. The van der Waals surface area contributed by atoms with Crippen LogP contribution >= 0.6 is 11.6 Å². The number of rotatable bonds is 5. The lowest BCUT2D eigenvalue weighted by Gasteiger charge is -2.43. The fourth-order valence-corrected chi connectivity index (χ4v) is 4.90. The minimum absolute atomic E-state index is 0.193. The molecule has 2 heterocycles. The van der Waals surface area contributed by atoms with Gasteiger partial charge in [-0.3, -0.25) is 4.79 Å². The van der Waals surface area contributed by atoms with E-state index in [4.69, 9.17) is 21.1 Å². The number of benzene rings is 2. The molecule has 0 spiro atoms. The molecule has 0 aliphatic carbocycles. The third-order valence-corrected chi connectivity index (χ3v) is 6.51. The molecule has 4 nitrogen and oxygen atoms in total. The highest BCUT2D eigenvalue weighted by atomic mass is 35.5. The van der Waals surface area contributed by atoms with Crippen molar-refractivity contribution in [2.45, 2.75) is 31.1 Å². The number of para-hydroxylation sites is 1. The van der Waals surface area contributed by atoms with Crippen molar-refractivity contribution in [3.05, 3.63) is 65.2 Å². The second kappa shape index (κ2) is 9.19. The van der Waals surface area contributed by atoms with Crippen LogP contribution in [0, 0.1) is 5.92 Å². The molecule has 2 aliphatic rings. The zero-order valence-corrected chi connectivity index (χ0v) is 17.4. The Bertz CT molecular complexity index is 820. The maximum Gasteiger partial charge on any atom is 0.233 e. The van der Waals surface area contributed by atoms with Gasteiger partial charge in [0.2, 0.25) is 5.91 Å². The minimum Gasteiger partial charge on any atom is -0.493 e. The van der Waals surface area contributed by atoms with Crippen LogP contribution in [-0.4, -0.2) is 43.7 Å². The summed E-state index contributed by atoms with van der Waals surface area (Å²) < 4.78 is 11.6. The molecule has 29 heavy (non-hydrogen) atoms. The van der Waals surface area contributed by atoms with Gasteiger partial charge in [-0.25, -0.2) is 0 Å². The maximum atomic E-state index is 13.8. The molecule has 154 valence electrons. The Morgan fingerprint density at radius 3 is 2.59 bits per heavy atom. The highest BCUT2D eigenvalue weighted by molar-refractivity contribution is 6.31. The number of carbonyl (C=O) groups is 1. The molecule has 5 heteroatoms. The van der Waals surface area contributed by atoms with Gasteiger partial charge in [-0.2, -0.15) is 0 Å². The van der Waals surface area contributed by atoms with E-state index < -0.39 is 5.41 Å². The average Bonchev–Trinajstić information content (AvgIpc) is 2.79. The zero-order valence-electron chi connectivity index (χ0n) is 16.7. The topological polar surface area (TPSA) is 38.8 Å². The zero-order chi connectivity index (χ0) is 20.1. The van der Waals surface area contributed by atoms with E-state index in [0.717, 1.165) is 37.2 Å². The molecule has 2 fully saturated rings. The molecule has 2 aromatic rings. The molecule has 0 N–H and O–H groups in total. The Labute approximate surface area is 177 Å². The number of hydrogen-bond acceptors (Lipinski definition) is 3. The molecular weight excluding hydrogens is 386 g/mol. The van der Waals surface area contributed by atoms with Crippen LogP contribution in [0.5, 0.6) is 5.75 Å². The minimum atomic E-state index is -0.585. The lowest BCUT2D eigenvalue weighted by molar-refractivity contribution is -0.143. The molecule has 0 aromatic heterocycles. The number of hydrogen-bond donors (Lipinski definition) is 0. The number of nitrogens with zero attached hydrogens (tertiary/aromatic N) is 1. The van der Waals surface area contributed by atoms with Crippen LogP contribution in [0.1, 0.15) is 31.2 Å². The third-order valence-electron chi connectivity index (χ3n) is 6.18. The molecule has 1 unspecified atom stereocenters. The fraction of sp³-hybridized carbons (Fsp3) is 0.458. The van der Waals surface area contributed by atoms with E-state index in [2.05, 4.69) is 0 Å². The van der Waals surface area contributed by atoms with E-state index in [1.165, 1.54) is 0 Å². The molecule has 1 amide bonds. The SMILES string of the molecule is O=C(N1CCCC(COc2ccccc2)C1)C1(c2ccccc2Cl)CCOCC1. The van der Waals surface area contributed by atoms with Gasteiger partial charge in [0.15, 0.2) is 0 Å². The lowest BCUT2D eigenvalue weighted by atomic mass is 9.72. The van der Waals surface area contributed by atoms with E-state index in [-0.39, 0.29) is 5.91 Å². The van der Waals surface area contributed by atoms with Crippen molar-refractivity contribution < 1.29 is 14.3 Å². The second-order valence-electron chi connectivity index (χ2n) is 8.06. The van der Waals surface area contributed by atoms with Crippen LogP contribution in [0.2, 0.25) is 5.02 Å². The summed E-state index contributed by atoms with van der Waals surface area (Å²) >= 11 is 6.54. The van der Waals surface area contributed by atoms with Gasteiger partial charge >= 0.3 is 0 Å². The number of likely N-dealkylation sites (tertiary alicyclic amines) is 1. The van der Waals surface area contributed by atoms with Crippen molar-refractivity contribution in [3.8, 4) is 5.75 Å². The fourth-order valence-electron chi connectivity index (χ4n) is 4.59. The molecule has 0 saturated carbocycles. The number of ether oxygens (including phenoxy) is 2. The van der Waals surface area contributed by atoms with Crippen LogP contribution in [0.25, 0.3) is 0 Å². The second-order valence-corrected chi connectivity index (χ2v) is 8.47. The summed E-state index contributed by atoms with van der Waals surface area (Å²) in [5, 5.41) is 0.670. The largest absolute Gasteiger partial charge is 0.493 e. The summed E-state index contributed by atoms with van der Waals surface area (Å²) in [5.74, 6) is 1.42. The van der Waals surface area contributed by atoms with Gasteiger partial charge in [0.05, 0.1) is 12.0 Å². The van der Waals surface area contributed by atoms with Gasteiger partial charge in [0.1, 0.15) is 5.75 Å². The Kier molecular flexibility index (Phi) is 6.41. The summed E-state index contributed by atoms with van der Waals surface area (Å²) in [7, 11) is 0. The summed E-state index contributed by atoms with van der Waals surface area (Å²) in [6.07, 6.45) is 3.44. The van der Waals surface area contributed by atoms with Crippen molar-refractivity contribution in [2.75, 3.05) is 32.9 Å². The first kappa shape index (κ1) is 20.2. The summed E-state index contributed by atoms with van der Waals surface area (Å²) in [5.41, 5.74) is 0.358. The molecule has 2 aromatic carbocycles. The van der Waals surface area contributed by atoms with E-state index in [1.54, 1.807) is 0 Å². The smallest absolute Gasteiger partial charge is 0.233 e. The van der Waals surface area contributed by atoms with Crippen molar-refractivity contribution >= 4 is 17.5 Å². The highest BCUT2D eigenvalue weighted by Crippen LogP contribution is 2.41. The lowest BCUT2D eigenvalue weighted by Crippen LogP contribution is -2.53. The summed E-state index contributed by atoms with van der Waals surface area (Å²) in [4.78, 5) is 15.9. The van der Waals surface area contributed by atoms with Gasteiger partial charge < -0.3 is 14.4 Å². The number of piperidine rings is 1. The normalized spacial score (nSPS) is 21.6. The highest BCUT2D eigenvalue weighted by Gasteiger charge is 2.45. The Morgan fingerprint density at radius 1 is 1.10 bits per heavy atom. The van der Waals surface area contributed by atoms with Crippen LogP contribution in [0.3, 0.4) is 0 Å². The van der Waals surface area contributed by atoms with E-state index in [0.29, 0.717) is 43.6 Å². The number of carbonyl (C=O) groups excluding carboxylic acids is 1. The van der Waals surface area contributed by atoms with Crippen molar-refractivity contribution in [3.63, 3.8) is 0 Å².